The van der Waals surface area contributed by atoms with Crippen LogP contribution in [0.1, 0.15) is 34.6 Å². The highest BCUT2D eigenvalue weighted by molar-refractivity contribution is 14.0. The van der Waals surface area contributed by atoms with Gasteiger partial charge in [0.15, 0.2) is 5.96 Å². The molecule has 0 aliphatic rings. The normalized spacial score (nSPS) is 12.0. The monoisotopic (exact) mass is 514 g/mol. The number of aliphatic imine (C=N–C) groups is 1. The van der Waals surface area contributed by atoms with Crippen molar-refractivity contribution in [3.05, 3.63) is 57.8 Å². The molecule has 1 aromatic carbocycles. The number of guanidine groups is 1. The first kappa shape index (κ1) is 24.4. The second-order valence-corrected chi connectivity index (χ2v) is 7.60. The molecule has 1 aromatic heterocycles. The largest absolute Gasteiger partial charge is 0.357 e. The quantitative estimate of drug-likeness (QED) is 0.272. The van der Waals surface area contributed by atoms with Gasteiger partial charge in [0.25, 0.3) is 5.91 Å². The summed E-state index contributed by atoms with van der Waals surface area (Å²) in [6.45, 7) is 6.69. The highest BCUT2D eigenvalue weighted by Crippen LogP contribution is 2.14. The Labute approximate surface area is 189 Å². The molecule has 28 heavy (non-hydrogen) atoms. The third kappa shape index (κ3) is 8.60. The molecule has 5 nitrogen and oxygen atoms in total. The zero-order chi connectivity index (χ0) is 19.5. The van der Waals surface area contributed by atoms with Crippen LogP contribution in [0.3, 0.4) is 0 Å². The molecule has 3 N–H and O–H groups in total. The van der Waals surface area contributed by atoms with Crippen LogP contribution in [0, 0.1) is 5.92 Å². The van der Waals surface area contributed by atoms with Crippen LogP contribution in [0.2, 0.25) is 0 Å². The first-order valence-corrected chi connectivity index (χ1v) is 10.4. The number of carbonyl (C=O) groups is 1. The fourth-order valence-corrected chi connectivity index (χ4v) is 3.63. The first-order chi connectivity index (χ1) is 13.1. The molecule has 0 spiro atoms. The molecule has 1 unspecified atom stereocenters. The Morgan fingerprint density at radius 2 is 2.04 bits per heavy atom. The number of hydrogen-bond donors (Lipinski definition) is 3. The number of thiophene rings is 1. The Morgan fingerprint density at radius 3 is 2.71 bits per heavy atom. The molecular weight excluding hydrogens is 483 g/mol. The third-order valence-electron chi connectivity index (χ3n) is 4.16. The summed E-state index contributed by atoms with van der Waals surface area (Å²) in [7, 11) is 1.65. The fraction of sp³-hybridized carbons (Fsp3) is 0.429. The van der Waals surface area contributed by atoms with E-state index in [1.165, 1.54) is 4.88 Å². The highest BCUT2D eigenvalue weighted by Gasteiger charge is 2.06. The number of nitrogens with one attached hydrogen (secondary N) is 3. The van der Waals surface area contributed by atoms with Gasteiger partial charge in [-0.2, -0.15) is 0 Å². The van der Waals surface area contributed by atoms with Crippen LogP contribution in [0.15, 0.2) is 46.8 Å². The summed E-state index contributed by atoms with van der Waals surface area (Å²) < 4.78 is 0. The first-order valence-electron chi connectivity index (χ1n) is 9.48. The average molecular weight is 514 g/mol. The summed E-state index contributed by atoms with van der Waals surface area (Å²) in [5.41, 5.74) is 1.82. The van der Waals surface area contributed by atoms with Crippen LogP contribution in [0.4, 0.5) is 0 Å². The van der Waals surface area contributed by atoms with Crippen molar-refractivity contribution in [2.24, 2.45) is 10.9 Å². The van der Waals surface area contributed by atoms with Crippen molar-refractivity contribution in [2.75, 3.05) is 26.7 Å². The van der Waals surface area contributed by atoms with Gasteiger partial charge in [-0.1, -0.05) is 25.1 Å². The number of hydrogen-bond acceptors (Lipinski definition) is 3. The van der Waals surface area contributed by atoms with Crippen molar-refractivity contribution in [3.63, 3.8) is 0 Å². The molecule has 7 heteroatoms. The van der Waals surface area contributed by atoms with E-state index in [4.69, 9.17) is 4.99 Å². The minimum Gasteiger partial charge on any atom is -0.357 e. The fourth-order valence-electron chi connectivity index (χ4n) is 2.76. The number of rotatable bonds is 9. The van der Waals surface area contributed by atoms with Crippen LogP contribution in [0.25, 0.3) is 0 Å². The summed E-state index contributed by atoms with van der Waals surface area (Å²) in [5, 5.41) is 11.5. The lowest BCUT2D eigenvalue weighted by atomic mass is 10.1. The van der Waals surface area contributed by atoms with Crippen molar-refractivity contribution >= 4 is 47.2 Å². The van der Waals surface area contributed by atoms with Gasteiger partial charge in [-0.15, -0.1) is 35.3 Å². The molecule has 0 saturated carbocycles. The molecule has 0 fully saturated rings. The van der Waals surface area contributed by atoms with Gasteiger partial charge in [-0.05, 0) is 54.8 Å². The second kappa shape index (κ2) is 13.5. The minimum atomic E-state index is -0.0561. The summed E-state index contributed by atoms with van der Waals surface area (Å²) in [5.74, 6) is 1.29. The van der Waals surface area contributed by atoms with Crippen LogP contribution in [-0.2, 0) is 12.8 Å². The molecule has 0 aliphatic heterocycles. The lowest BCUT2D eigenvalue weighted by molar-refractivity contribution is 0.0963. The second-order valence-electron chi connectivity index (χ2n) is 6.56. The van der Waals surface area contributed by atoms with Crippen LogP contribution >= 0.6 is 35.3 Å². The van der Waals surface area contributed by atoms with E-state index in [0.29, 0.717) is 11.5 Å². The molecule has 0 saturated heterocycles. The van der Waals surface area contributed by atoms with Gasteiger partial charge in [0.2, 0.25) is 0 Å². The van der Waals surface area contributed by atoms with Gasteiger partial charge in [0.1, 0.15) is 0 Å². The molecule has 0 aliphatic carbocycles. The minimum absolute atomic E-state index is 0. The Kier molecular flexibility index (Phi) is 11.8. The average Bonchev–Trinajstić information content (AvgIpc) is 3.18. The van der Waals surface area contributed by atoms with E-state index in [2.05, 4.69) is 47.3 Å². The van der Waals surface area contributed by atoms with Gasteiger partial charge in [-0.3, -0.25) is 9.79 Å². The summed E-state index contributed by atoms with van der Waals surface area (Å²) in [6.07, 6.45) is 1.90. The molecule has 2 aromatic rings. The zero-order valence-electron chi connectivity index (χ0n) is 16.8. The van der Waals surface area contributed by atoms with Crippen LogP contribution in [0.5, 0.6) is 0 Å². The number of amides is 1. The Morgan fingerprint density at radius 1 is 1.21 bits per heavy atom. The highest BCUT2D eigenvalue weighted by atomic mass is 127. The van der Waals surface area contributed by atoms with Gasteiger partial charge >= 0.3 is 0 Å². The van der Waals surface area contributed by atoms with Gasteiger partial charge in [0, 0.05) is 37.1 Å². The lowest BCUT2D eigenvalue weighted by Gasteiger charge is -2.13. The van der Waals surface area contributed by atoms with Crippen molar-refractivity contribution in [3.8, 4) is 0 Å². The predicted molar refractivity (Wildman–Crippen MR) is 130 cm³/mol. The third-order valence-corrected chi connectivity index (χ3v) is 5.06. The van der Waals surface area contributed by atoms with Gasteiger partial charge in [0.05, 0.1) is 0 Å². The maximum atomic E-state index is 11.7. The predicted octanol–water partition coefficient (Wildman–Crippen LogP) is 3.70. The molecule has 2 rings (SSSR count). The maximum Gasteiger partial charge on any atom is 0.251 e. The molecular formula is C21H31IN4OS. The standard InChI is InChI=1S/C21H30N4OS.HI/c1-4-23-21(25-15-16(2)13-19-9-6-12-27-19)24-11-10-17-7-5-8-18(14-17)20(26)22-3;/h5-9,12,14,16H,4,10-11,13,15H2,1-3H3,(H,22,26)(H2,23,24,25);1H. The molecule has 0 bridgehead atoms. The smallest absolute Gasteiger partial charge is 0.251 e. The lowest BCUT2D eigenvalue weighted by Crippen LogP contribution is -2.38. The van der Waals surface area contributed by atoms with E-state index in [0.717, 1.165) is 44.0 Å². The van der Waals surface area contributed by atoms with Crippen molar-refractivity contribution < 1.29 is 4.79 Å². The maximum absolute atomic E-state index is 11.7. The number of benzene rings is 1. The van der Waals surface area contributed by atoms with E-state index in [9.17, 15) is 4.79 Å². The van der Waals surface area contributed by atoms with Crippen LogP contribution < -0.4 is 16.0 Å². The summed E-state index contributed by atoms with van der Waals surface area (Å²) in [4.78, 5) is 17.9. The van der Waals surface area contributed by atoms with E-state index >= 15 is 0 Å². The van der Waals surface area contributed by atoms with Gasteiger partial charge < -0.3 is 16.0 Å². The van der Waals surface area contributed by atoms with E-state index < -0.39 is 0 Å². The molecule has 1 heterocycles. The summed E-state index contributed by atoms with van der Waals surface area (Å²) in [6, 6.07) is 12.0. The molecule has 1 atom stereocenters. The van der Waals surface area contributed by atoms with E-state index in [-0.39, 0.29) is 29.9 Å². The Bertz CT molecular complexity index is 734. The van der Waals surface area contributed by atoms with Crippen LogP contribution in [-0.4, -0.2) is 38.5 Å². The van der Waals surface area contributed by atoms with Crippen molar-refractivity contribution in [2.45, 2.75) is 26.7 Å². The zero-order valence-corrected chi connectivity index (χ0v) is 20.0. The van der Waals surface area contributed by atoms with Crippen molar-refractivity contribution in [1.82, 2.24) is 16.0 Å². The molecule has 0 radical (unpaired) electrons. The molecule has 1 amide bonds. The molecule has 154 valence electrons. The van der Waals surface area contributed by atoms with Crippen molar-refractivity contribution in [1.29, 1.82) is 0 Å². The van der Waals surface area contributed by atoms with Gasteiger partial charge in [-0.25, -0.2) is 0 Å². The number of nitrogens with zero attached hydrogens (tertiary/aromatic N) is 1. The Hall–Kier alpha value is -1.61. The SMILES string of the molecule is CCNC(=NCC(C)Cc1cccs1)NCCc1cccc(C(=O)NC)c1.I. The summed E-state index contributed by atoms with van der Waals surface area (Å²) >= 11 is 1.80. The number of carbonyl (C=O) groups excluding carboxylic acids is 1. The topological polar surface area (TPSA) is 65.5 Å². The number of halogens is 1. The Balaban J connectivity index is 0.00000392. The van der Waals surface area contributed by atoms with E-state index in [1.807, 2.05) is 24.3 Å². The van der Waals surface area contributed by atoms with E-state index in [1.54, 1.807) is 18.4 Å².